The number of carbonyl (C=O) groups is 1. The van der Waals surface area contributed by atoms with Crippen LogP contribution in [0.25, 0.3) is 10.9 Å². The Kier molecular flexibility index (Phi) is 6.35. The van der Waals surface area contributed by atoms with Crippen molar-refractivity contribution >= 4 is 22.6 Å². The van der Waals surface area contributed by atoms with Gasteiger partial charge in [0.1, 0.15) is 5.82 Å². The molecule has 1 saturated heterocycles. The van der Waals surface area contributed by atoms with E-state index < -0.39 is 0 Å². The molecule has 2 amide bonds. The maximum atomic E-state index is 13.1. The van der Waals surface area contributed by atoms with Crippen molar-refractivity contribution < 1.29 is 4.79 Å². The quantitative estimate of drug-likeness (QED) is 0.665. The fourth-order valence-corrected chi connectivity index (χ4v) is 4.28. The molecule has 3 aromatic rings. The van der Waals surface area contributed by atoms with Gasteiger partial charge in [-0.15, -0.1) is 0 Å². The Bertz CT molecular complexity index is 1110. The van der Waals surface area contributed by atoms with Crippen LogP contribution in [0, 0.1) is 5.92 Å². The predicted molar refractivity (Wildman–Crippen MR) is 125 cm³/mol. The summed E-state index contributed by atoms with van der Waals surface area (Å²) in [5.74, 6) is 1.19. The predicted octanol–water partition coefficient (Wildman–Crippen LogP) is 4.47. The van der Waals surface area contributed by atoms with E-state index in [0.29, 0.717) is 30.9 Å². The molecular formula is C25H30N4O2. The van der Waals surface area contributed by atoms with Crippen molar-refractivity contribution in [2.75, 3.05) is 18.4 Å². The van der Waals surface area contributed by atoms with E-state index in [1.807, 2.05) is 64.9 Å². The molecule has 2 aromatic carbocycles. The molecule has 6 nitrogen and oxygen atoms in total. The van der Waals surface area contributed by atoms with Gasteiger partial charge in [-0.2, -0.15) is 0 Å². The first-order chi connectivity index (χ1) is 15.1. The number of nitrogens with one attached hydrogen (secondary N) is 1. The molecule has 4 rings (SSSR count). The van der Waals surface area contributed by atoms with Crippen LogP contribution in [-0.2, 0) is 19.4 Å². The number of hydrogen-bond donors (Lipinski definition) is 1. The van der Waals surface area contributed by atoms with Gasteiger partial charge in [-0.3, -0.25) is 9.36 Å². The summed E-state index contributed by atoms with van der Waals surface area (Å²) in [6, 6.07) is 15.5. The number of anilines is 1. The summed E-state index contributed by atoms with van der Waals surface area (Å²) in [7, 11) is 0. The lowest BCUT2D eigenvalue weighted by Gasteiger charge is -2.32. The number of para-hydroxylation sites is 1. The van der Waals surface area contributed by atoms with Gasteiger partial charge in [0.25, 0.3) is 5.56 Å². The second kappa shape index (κ2) is 9.33. The highest BCUT2D eigenvalue weighted by Crippen LogP contribution is 2.21. The van der Waals surface area contributed by atoms with Crippen molar-refractivity contribution in [3.05, 3.63) is 70.3 Å². The molecule has 1 fully saturated rings. The standard InChI is InChI=1S/C25H30N4O2/c1-3-18-9-11-20(12-10-18)26-25(31)28-15-13-19(14-16-28)17-29-23(4-2)27-22-8-6-5-7-21(22)24(29)30/h5-12,19H,3-4,13-17H2,1-2H3,(H,26,31). The lowest BCUT2D eigenvalue weighted by molar-refractivity contribution is 0.176. The molecule has 0 unspecified atom stereocenters. The zero-order valence-electron chi connectivity index (χ0n) is 18.3. The minimum absolute atomic E-state index is 0.0400. The smallest absolute Gasteiger partial charge is 0.321 e. The van der Waals surface area contributed by atoms with Crippen molar-refractivity contribution in [3.8, 4) is 0 Å². The Morgan fingerprint density at radius 3 is 2.42 bits per heavy atom. The molecule has 0 atom stereocenters. The van der Waals surface area contributed by atoms with Crippen LogP contribution >= 0.6 is 0 Å². The molecule has 0 radical (unpaired) electrons. The molecule has 0 bridgehead atoms. The molecule has 6 heteroatoms. The number of aryl methyl sites for hydroxylation is 2. The minimum Gasteiger partial charge on any atom is -0.325 e. The van der Waals surface area contributed by atoms with Crippen molar-refractivity contribution in [1.82, 2.24) is 14.5 Å². The Labute approximate surface area is 182 Å². The number of amides is 2. The van der Waals surface area contributed by atoms with Crippen LogP contribution in [0.15, 0.2) is 53.3 Å². The van der Waals surface area contributed by atoms with E-state index >= 15 is 0 Å². The summed E-state index contributed by atoms with van der Waals surface area (Å²) in [5.41, 5.74) is 2.88. The van der Waals surface area contributed by atoms with Crippen LogP contribution in [0.5, 0.6) is 0 Å². The number of urea groups is 1. The van der Waals surface area contributed by atoms with Crippen LogP contribution in [0.1, 0.15) is 38.1 Å². The molecule has 1 aliphatic rings. The van der Waals surface area contributed by atoms with E-state index in [-0.39, 0.29) is 11.6 Å². The van der Waals surface area contributed by atoms with Crippen molar-refractivity contribution in [2.24, 2.45) is 5.92 Å². The van der Waals surface area contributed by atoms with E-state index in [1.165, 1.54) is 5.56 Å². The maximum Gasteiger partial charge on any atom is 0.321 e. The molecule has 0 saturated carbocycles. The highest BCUT2D eigenvalue weighted by molar-refractivity contribution is 5.89. The monoisotopic (exact) mass is 418 g/mol. The van der Waals surface area contributed by atoms with Crippen LogP contribution < -0.4 is 10.9 Å². The number of benzene rings is 2. The molecule has 1 aromatic heterocycles. The second-order valence-electron chi connectivity index (χ2n) is 8.23. The normalized spacial score (nSPS) is 14.7. The van der Waals surface area contributed by atoms with Gasteiger partial charge in [-0.25, -0.2) is 9.78 Å². The first-order valence-electron chi connectivity index (χ1n) is 11.2. The van der Waals surface area contributed by atoms with Gasteiger partial charge in [0.2, 0.25) is 0 Å². The molecular weight excluding hydrogens is 388 g/mol. The van der Waals surface area contributed by atoms with E-state index in [1.54, 1.807) is 0 Å². The molecule has 31 heavy (non-hydrogen) atoms. The third-order valence-corrected chi connectivity index (χ3v) is 6.21. The summed E-state index contributed by atoms with van der Waals surface area (Å²) in [5, 5.41) is 3.67. The lowest BCUT2D eigenvalue weighted by atomic mass is 9.96. The van der Waals surface area contributed by atoms with Gasteiger partial charge in [0, 0.05) is 31.7 Å². The first-order valence-corrected chi connectivity index (χ1v) is 11.2. The summed E-state index contributed by atoms with van der Waals surface area (Å²) in [6.45, 7) is 6.20. The van der Waals surface area contributed by atoms with Gasteiger partial charge in [0.05, 0.1) is 10.9 Å². The summed E-state index contributed by atoms with van der Waals surface area (Å²) in [4.78, 5) is 32.3. The first kappa shape index (κ1) is 21.1. The van der Waals surface area contributed by atoms with Crippen molar-refractivity contribution in [2.45, 2.75) is 46.1 Å². The highest BCUT2D eigenvalue weighted by atomic mass is 16.2. The molecule has 0 spiro atoms. The molecule has 1 aliphatic heterocycles. The summed E-state index contributed by atoms with van der Waals surface area (Å²) >= 11 is 0. The number of nitrogens with zero attached hydrogens (tertiary/aromatic N) is 3. The zero-order valence-corrected chi connectivity index (χ0v) is 18.3. The molecule has 162 valence electrons. The number of fused-ring (bicyclic) bond motifs is 1. The highest BCUT2D eigenvalue weighted by Gasteiger charge is 2.24. The summed E-state index contributed by atoms with van der Waals surface area (Å²) < 4.78 is 1.85. The maximum absolute atomic E-state index is 13.1. The number of rotatable bonds is 5. The Morgan fingerprint density at radius 1 is 1.03 bits per heavy atom. The minimum atomic E-state index is -0.0542. The van der Waals surface area contributed by atoms with E-state index in [2.05, 4.69) is 12.2 Å². The average Bonchev–Trinajstić information content (AvgIpc) is 2.81. The fourth-order valence-electron chi connectivity index (χ4n) is 4.28. The Morgan fingerprint density at radius 2 is 1.74 bits per heavy atom. The SMILES string of the molecule is CCc1ccc(NC(=O)N2CCC(Cn3c(CC)nc4ccccc4c3=O)CC2)cc1. The topological polar surface area (TPSA) is 67.2 Å². The number of aromatic nitrogens is 2. The second-order valence-corrected chi connectivity index (χ2v) is 8.23. The summed E-state index contributed by atoms with van der Waals surface area (Å²) in [6.07, 6.45) is 3.46. The van der Waals surface area contributed by atoms with Gasteiger partial charge >= 0.3 is 6.03 Å². The van der Waals surface area contributed by atoms with Gasteiger partial charge < -0.3 is 10.2 Å². The number of piperidine rings is 1. The van der Waals surface area contributed by atoms with Crippen LogP contribution in [0.3, 0.4) is 0 Å². The van der Waals surface area contributed by atoms with E-state index in [9.17, 15) is 9.59 Å². The lowest BCUT2D eigenvalue weighted by Crippen LogP contribution is -2.42. The van der Waals surface area contributed by atoms with Crippen LogP contribution in [0.2, 0.25) is 0 Å². The van der Waals surface area contributed by atoms with Gasteiger partial charge in [0.15, 0.2) is 0 Å². The number of carbonyl (C=O) groups excluding carboxylic acids is 1. The largest absolute Gasteiger partial charge is 0.325 e. The van der Waals surface area contributed by atoms with Gasteiger partial charge in [-0.1, -0.05) is 38.1 Å². The third kappa shape index (κ3) is 4.63. The zero-order chi connectivity index (χ0) is 21.8. The van der Waals surface area contributed by atoms with Crippen LogP contribution in [-0.4, -0.2) is 33.6 Å². The van der Waals surface area contributed by atoms with E-state index in [0.717, 1.165) is 42.7 Å². The van der Waals surface area contributed by atoms with Gasteiger partial charge in [-0.05, 0) is 55.0 Å². The molecule has 1 N–H and O–H groups in total. The average molecular weight is 419 g/mol. The molecule has 2 heterocycles. The fraction of sp³-hybridized carbons (Fsp3) is 0.400. The van der Waals surface area contributed by atoms with Crippen molar-refractivity contribution in [3.63, 3.8) is 0 Å². The van der Waals surface area contributed by atoms with E-state index in [4.69, 9.17) is 4.98 Å². The van der Waals surface area contributed by atoms with Crippen molar-refractivity contribution in [1.29, 1.82) is 0 Å². The Balaban J connectivity index is 1.39. The number of likely N-dealkylation sites (tertiary alicyclic amines) is 1. The Hall–Kier alpha value is -3.15. The van der Waals surface area contributed by atoms with Crippen LogP contribution in [0.4, 0.5) is 10.5 Å². The third-order valence-electron chi connectivity index (χ3n) is 6.21. The molecule has 0 aliphatic carbocycles. The number of hydrogen-bond acceptors (Lipinski definition) is 3.